The molecule has 2 rings (SSSR count). The van der Waals surface area contributed by atoms with Gasteiger partial charge in [-0.15, -0.1) is 11.3 Å². The minimum absolute atomic E-state index is 0.0514. The third-order valence-electron chi connectivity index (χ3n) is 2.86. The van der Waals surface area contributed by atoms with Crippen molar-refractivity contribution in [3.63, 3.8) is 0 Å². The molecule has 0 aliphatic carbocycles. The van der Waals surface area contributed by atoms with Crippen LogP contribution in [-0.2, 0) is 0 Å². The highest BCUT2D eigenvalue weighted by molar-refractivity contribution is 7.07. The third kappa shape index (κ3) is 2.94. The van der Waals surface area contributed by atoms with Gasteiger partial charge in [-0.2, -0.15) is 0 Å². The Hall–Kier alpha value is -1.26. The van der Waals surface area contributed by atoms with E-state index in [2.05, 4.69) is 17.2 Å². The van der Waals surface area contributed by atoms with E-state index in [1.807, 2.05) is 23.0 Å². The molecule has 1 heterocycles. The van der Waals surface area contributed by atoms with Gasteiger partial charge in [0.2, 0.25) is 0 Å². The minimum atomic E-state index is -0.161. The first-order chi connectivity index (χ1) is 8.72. The maximum atomic E-state index is 13.3. The molecule has 1 unspecified atom stereocenters. The molecule has 1 atom stereocenters. The quantitative estimate of drug-likeness (QED) is 0.891. The number of benzene rings is 1. The van der Waals surface area contributed by atoms with Crippen LogP contribution >= 0.6 is 11.3 Å². The summed E-state index contributed by atoms with van der Waals surface area (Å²) < 4.78 is 13.3. The Morgan fingerprint density at radius 1 is 1.44 bits per heavy atom. The molecule has 96 valence electrons. The first-order valence-corrected chi connectivity index (χ1v) is 7.04. The fraction of sp³-hybridized carbons (Fsp3) is 0.357. The summed E-state index contributed by atoms with van der Waals surface area (Å²) in [5.41, 5.74) is 4.56. The Kier molecular flexibility index (Phi) is 4.44. The van der Waals surface area contributed by atoms with E-state index in [1.54, 1.807) is 18.3 Å². The van der Waals surface area contributed by atoms with Gasteiger partial charge in [-0.05, 0) is 37.1 Å². The minimum Gasteiger partial charge on any atom is -0.305 e. The Morgan fingerprint density at radius 3 is 2.89 bits per heavy atom. The van der Waals surface area contributed by atoms with Crippen molar-refractivity contribution in [1.29, 1.82) is 0 Å². The zero-order valence-corrected chi connectivity index (χ0v) is 11.4. The number of hydrogen-bond acceptors (Lipinski definition) is 3. The van der Waals surface area contributed by atoms with Gasteiger partial charge in [0.1, 0.15) is 5.82 Å². The third-order valence-corrected chi connectivity index (χ3v) is 3.47. The maximum Gasteiger partial charge on any atom is 0.126 e. The van der Waals surface area contributed by atoms with Gasteiger partial charge >= 0.3 is 0 Å². The molecule has 0 saturated heterocycles. The Bertz CT molecular complexity index is 497. The van der Waals surface area contributed by atoms with Crippen molar-refractivity contribution < 1.29 is 4.39 Å². The summed E-state index contributed by atoms with van der Waals surface area (Å²) in [6, 6.07) is 5.30. The molecule has 0 bridgehead atoms. The molecule has 18 heavy (non-hydrogen) atoms. The number of thiazole rings is 1. The summed E-state index contributed by atoms with van der Waals surface area (Å²) in [5, 5.41) is 5.49. The highest BCUT2D eigenvalue weighted by Gasteiger charge is 2.15. The fourth-order valence-corrected chi connectivity index (χ4v) is 2.47. The lowest BCUT2D eigenvalue weighted by Crippen LogP contribution is -2.23. The number of aryl methyl sites for hydroxylation is 1. The highest BCUT2D eigenvalue weighted by atomic mass is 32.1. The molecule has 1 aromatic heterocycles. The van der Waals surface area contributed by atoms with Crippen LogP contribution in [0.1, 0.15) is 36.2 Å². The number of halogens is 1. The number of rotatable bonds is 5. The molecular formula is C14H17FN2S. The van der Waals surface area contributed by atoms with E-state index in [4.69, 9.17) is 0 Å². The van der Waals surface area contributed by atoms with E-state index in [-0.39, 0.29) is 11.9 Å². The molecule has 0 aliphatic rings. The van der Waals surface area contributed by atoms with Crippen molar-refractivity contribution in [2.24, 2.45) is 0 Å². The standard InChI is InChI=1S/C14H17FN2S/c1-3-6-16-14(13-8-18-9-17-13)11-4-5-12(15)10(2)7-11/h4-5,7-9,14,16H,3,6H2,1-2H3. The summed E-state index contributed by atoms with van der Waals surface area (Å²) in [4.78, 5) is 4.36. The second-order valence-electron chi connectivity index (χ2n) is 4.31. The lowest BCUT2D eigenvalue weighted by atomic mass is 10.0. The van der Waals surface area contributed by atoms with Crippen molar-refractivity contribution in [2.75, 3.05) is 6.54 Å². The van der Waals surface area contributed by atoms with E-state index in [1.165, 1.54) is 6.07 Å². The van der Waals surface area contributed by atoms with E-state index in [9.17, 15) is 4.39 Å². The van der Waals surface area contributed by atoms with Crippen LogP contribution in [-0.4, -0.2) is 11.5 Å². The summed E-state index contributed by atoms with van der Waals surface area (Å²) in [7, 11) is 0. The monoisotopic (exact) mass is 264 g/mol. The van der Waals surface area contributed by atoms with Crippen molar-refractivity contribution in [1.82, 2.24) is 10.3 Å². The van der Waals surface area contributed by atoms with Gasteiger partial charge < -0.3 is 5.32 Å². The van der Waals surface area contributed by atoms with Crippen LogP contribution in [0.5, 0.6) is 0 Å². The van der Waals surface area contributed by atoms with Crippen molar-refractivity contribution in [3.8, 4) is 0 Å². The fourth-order valence-electron chi connectivity index (χ4n) is 1.89. The molecule has 0 aliphatic heterocycles. The van der Waals surface area contributed by atoms with Gasteiger partial charge in [0.15, 0.2) is 0 Å². The summed E-state index contributed by atoms with van der Waals surface area (Å²) >= 11 is 1.58. The predicted molar refractivity (Wildman–Crippen MR) is 73.4 cm³/mol. The van der Waals surface area contributed by atoms with Crippen molar-refractivity contribution >= 4 is 11.3 Å². The zero-order chi connectivity index (χ0) is 13.0. The zero-order valence-electron chi connectivity index (χ0n) is 10.6. The molecule has 0 saturated carbocycles. The summed E-state index contributed by atoms with van der Waals surface area (Å²) in [6.07, 6.45) is 1.06. The molecule has 4 heteroatoms. The number of aromatic nitrogens is 1. The van der Waals surface area contributed by atoms with Gasteiger partial charge in [0, 0.05) is 5.38 Å². The first-order valence-electron chi connectivity index (χ1n) is 6.10. The molecule has 0 fully saturated rings. The van der Waals surface area contributed by atoms with Crippen molar-refractivity contribution in [3.05, 3.63) is 51.7 Å². The average Bonchev–Trinajstić information content (AvgIpc) is 2.88. The topological polar surface area (TPSA) is 24.9 Å². The highest BCUT2D eigenvalue weighted by Crippen LogP contribution is 2.23. The SMILES string of the molecule is CCCNC(c1ccc(F)c(C)c1)c1cscn1. The summed E-state index contributed by atoms with van der Waals surface area (Å²) in [6.45, 7) is 4.83. The van der Waals surface area contributed by atoms with Gasteiger partial charge in [-0.1, -0.05) is 19.1 Å². The van der Waals surface area contributed by atoms with Crippen LogP contribution in [0.15, 0.2) is 29.1 Å². The Balaban J connectivity index is 2.30. The number of nitrogens with zero attached hydrogens (tertiary/aromatic N) is 1. The summed E-state index contributed by atoms with van der Waals surface area (Å²) in [5.74, 6) is -0.161. The normalized spacial score (nSPS) is 12.6. The number of nitrogens with one attached hydrogen (secondary N) is 1. The lowest BCUT2D eigenvalue weighted by molar-refractivity contribution is 0.582. The second kappa shape index (κ2) is 6.07. The van der Waals surface area contributed by atoms with Gasteiger partial charge in [-0.25, -0.2) is 9.37 Å². The van der Waals surface area contributed by atoms with E-state index >= 15 is 0 Å². The largest absolute Gasteiger partial charge is 0.305 e. The lowest BCUT2D eigenvalue weighted by Gasteiger charge is -2.17. The van der Waals surface area contributed by atoms with Crippen LogP contribution in [0.25, 0.3) is 0 Å². The van der Waals surface area contributed by atoms with Crippen LogP contribution in [0, 0.1) is 12.7 Å². The van der Waals surface area contributed by atoms with E-state index in [0.29, 0.717) is 5.56 Å². The van der Waals surface area contributed by atoms with Gasteiger partial charge in [-0.3, -0.25) is 0 Å². The molecule has 2 nitrogen and oxygen atoms in total. The van der Waals surface area contributed by atoms with Gasteiger partial charge in [0.25, 0.3) is 0 Å². The molecule has 0 amide bonds. The van der Waals surface area contributed by atoms with Crippen LogP contribution in [0.4, 0.5) is 4.39 Å². The Morgan fingerprint density at radius 2 is 2.28 bits per heavy atom. The van der Waals surface area contributed by atoms with E-state index < -0.39 is 0 Å². The van der Waals surface area contributed by atoms with Crippen LogP contribution < -0.4 is 5.32 Å². The molecule has 1 N–H and O–H groups in total. The second-order valence-corrected chi connectivity index (χ2v) is 5.03. The smallest absolute Gasteiger partial charge is 0.126 e. The average molecular weight is 264 g/mol. The van der Waals surface area contributed by atoms with Crippen LogP contribution in [0.2, 0.25) is 0 Å². The molecule has 1 aromatic carbocycles. The van der Waals surface area contributed by atoms with Crippen molar-refractivity contribution in [2.45, 2.75) is 26.3 Å². The van der Waals surface area contributed by atoms with E-state index in [0.717, 1.165) is 24.2 Å². The molecular weight excluding hydrogens is 247 g/mol. The van der Waals surface area contributed by atoms with Crippen LogP contribution in [0.3, 0.4) is 0 Å². The first kappa shape index (κ1) is 13.2. The molecule has 0 spiro atoms. The van der Waals surface area contributed by atoms with Gasteiger partial charge in [0.05, 0.1) is 17.2 Å². The molecule has 0 radical (unpaired) electrons. The predicted octanol–water partition coefficient (Wildman–Crippen LogP) is 3.68. The maximum absolute atomic E-state index is 13.3. The number of hydrogen-bond donors (Lipinski definition) is 1. The molecule has 2 aromatic rings. The Labute approximate surface area is 111 Å².